The van der Waals surface area contributed by atoms with Crippen LogP contribution in [0.3, 0.4) is 0 Å². The van der Waals surface area contributed by atoms with Gasteiger partial charge in [0.05, 0.1) is 4.90 Å². The SMILES string of the molecule is CC(C)c1ccc([C@@H]([NH2+]CC(=O)Nc2cccc(S(C)(=O)=O)c2)C(C)C)cc1. The number of anilines is 1. The molecule has 0 aliphatic heterocycles. The number of hydrogen-bond donors (Lipinski definition) is 2. The fraction of sp³-hybridized carbons (Fsp3) is 0.409. The Morgan fingerprint density at radius 3 is 2.14 bits per heavy atom. The molecule has 0 aliphatic rings. The summed E-state index contributed by atoms with van der Waals surface area (Å²) in [5.74, 6) is 0.699. The molecule has 0 radical (unpaired) electrons. The number of sulfone groups is 1. The van der Waals surface area contributed by atoms with E-state index in [1.807, 2.05) is 5.32 Å². The lowest BCUT2D eigenvalue weighted by Crippen LogP contribution is -2.88. The first-order valence-electron chi connectivity index (χ1n) is 9.61. The lowest BCUT2D eigenvalue weighted by atomic mass is 9.93. The van der Waals surface area contributed by atoms with E-state index in [1.165, 1.54) is 23.3 Å². The van der Waals surface area contributed by atoms with Gasteiger partial charge in [-0.3, -0.25) is 4.79 Å². The molecule has 2 aromatic carbocycles. The van der Waals surface area contributed by atoms with E-state index in [1.54, 1.807) is 12.1 Å². The van der Waals surface area contributed by atoms with Gasteiger partial charge in [-0.15, -0.1) is 0 Å². The molecule has 28 heavy (non-hydrogen) atoms. The highest BCUT2D eigenvalue weighted by molar-refractivity contribution is 7.90. The molecule has 0 aliphatic carbocycles. The van der Waals surface area contributed by atoms with Crippen molar-refractivity contribution in [3.63, 3.8) is 0 Å². The van der Waals surface area contributed by atoms with Crippen LogP contribution >= 0.6 is 0 Å². The second kappa shape index (κ2) is 9.34. The Labute approximate surface area is 168 Å². The van der Waals surface area contributed by atoms with Gasteiger partial charge in [0.2, 0.25) is 0 Å². The number of carbonyl (C=O) groups excluding carboxylic acids is 1. The van der Waals surface area contributed by atoms with E-state index in [0.29, 0.717) is 17.5 Å². The summed E-state index contributed by atoms with van der Waals surface area (Å²) in [6.07, 6.45) is 1.15. The minimum Gasteiger partial charge on any atom is -0.332 e. The average Bonchev–Trinajstić information content (AvgIpc) is 2.61. The highest BCUT2D eigenvalue weighted by Gasteiger charge is 2.21. The number of hydrogen-bond acceptors (Lipinski definition) is 3. The quantitative estimate of drug-likeness (QED) is 0.711. The lowest BCUT2D eigenvalue weighted by molar-refractivity contribution is -0.692. The summed E-state index contributed by atoms with van der Waals surface area (Å²) in [4.78, 5) is 12.6. The number of quaternary nitrogens is 1. The van der Waals surface area contributed by atoms with E-state index < -0.39 is 9.84 Å². The van der Waals surface area contributed by atoms with Crippen LogP contribution < -0.4 is 10.6 Å². The number of carbonyl (C=O) groups is 1. The fourth-order valence-electron chi connectivity index (χ4n) is 3.15. The van der Waals surface area contributed by atoms with Gasteiger partial charge in [-0.2, -0.15) is 0 Å². The maximum absolute atomic E-state index is 12.4. The molecule has 0 saturated carbocycles. The van der Waals surface area contributed by atoms with E-state index >= 15 is 0 Å². The van der Waals surface area contributed by atoms with E-state index in [-0.39, 0.29) is 23.4 Å². The van der Waals surface area contributed by atoms with E-state index in [0.717, 1.165) is 6.26 Å². The van der Waals surface area contributed by atoms with Gasteiger partial charge in [-0.05, 0) is 29.7 Å². The van der Waals surface area contributed by atoms with Crippen molar-refractivity contribution in [3.05, 3.63) is 59.7 Å². The predicted octanol–water partition coefficient (Wildman–Crippen LogP) is 3.11. The molecular weight excluding hydrogens is 372 g/mol. The van der Waals surface area contributed by atoms with Crippen LogP contribution in [-0.4, -0.2) is 27.1 Å². The normalized spacial score (nSPS) is 13.0. The molecule has 1 amide bonds. The maximum Gasteiger partial charge on any atom is 0.279 e. The molecule has 2 rings (SSSR count). The fourth-order valence-corrected chi connectivity index (χ4v) is 3.81. The topological polar surface area (TPSA) is 79.8 Å². The highest BCUT2D eigenvalue weighted by Crippen LogP contribution is 2.21. The number of amides is 1. The van der Waals surface area contributed by atoms with Crippen molar-refractivity contribution in [2.45, 2.75) is 44.6 Å². The molecule has 3 N–H and O–H groups in total. The Balaban J connectivity index is 2.03. The van der Waals surface area contributed by atoms with Crippen LogP contribution in [0.1, 0.15) is 50.8 Å². The zero-order valence-electron chi connectivity index (χ0n) is 17.3. The molecular formula is C22H31N2O3S+. The maximum atomic E-state index is 12.4. The van der Waals surface area contributed by atoms with Crippen molar-refractivity contribution in [1.29, 1.82) is 0 Å². The highest BCUT2D eigenvalue weighted by atomic mass is 32.2. The lowest BCUT2D eigenvalue weighted by Gasteiger charge is -2.20. The van der Waals surface area contributed by atoms with Gasteiger partial charge in [0.25, 0.3) is 5.91 Å². The van der Waals surface area contributed by atoms with Crippen molar-refractivity contribution >= 4 is 21.4 Å². The second-order valence-electron chi connectivity index (χ2n) is 7.88. The van der Waals surface area contributed by atoms with Crippen molar-refractivity contribution < 1.29 is 18.5 Å². The molecule has 0 heterocycles. The summed E-state index contributed by atoms with van der Waals surface area (Å²) in [6.45, 7) is 8.89. The molecule has 5 nitrogen and oxygen atoms in total. The van der Waals surface area contributed by atoms with E-state index in [9.17, 15) is 13.2 Å². The third kappa shape index (κ3) is 6.17. The van der Waals surface area contributed by atoms with Gasteiger partial charge < -0.3 is 10.6 Å². The molecule has 2 aromatic rings. The zero-order chi connectivity index (χ0) is 20.9. The minimum absolute atomic E-state index is 0.157. The molecule has 152 valence electrons. The summed E-state index contributed by atoms with van der Waals surface area (Å²) >= 11 is 0. The molecule has 0 bridgehead atoms. The van der Waals surface area contributed by atoms with Gasteiger partial charge in [0.15, 0.2) is 16.4 Å². The Bertz CT molecular complexity index is 904. The van der Waals surface area contributed by atoms with Crippen molar-refractivity contribution in [1.82, 2.24) is 0 Å². The minimum atomic E-state index is -3.30. The van der Waals surface area contributed by atoms with Crippen LogP contribution in [0.15, 0.2) is 53.4 Å². The monoisotopic (exact) mass is 403 g/mol. The van der Waals surface area contributed by atoms with Gasteiger partial charge >= 0.3 is 0 Å². The first-order valence-corrected chi connectivity index (χ1v) is 11.5. The van der Waals surface area contributed by atoms with Crippen LogP contribution in [0.2, 0.25) is 0 Å². The Morgan fingerprint density at radius 2 is 1.61 bits per heavy atom. The predicted molar refractivity (Wildman–Crippen MR) is 113 cm³/mol. The number of rotatable bonds is 8. The zero-order valence-corrected chi connectivity index (χ0v) is 18.1. The molecule has 0 saturated heterocycles. The van der Waals surface area contributed by atoms with E-state index in [2.05, 4.69) is 57.3 Å². The summed E-state index contributed by atoms with van der Waals surface area (Å²) in [5, 5.41) is 4.82. The summed E-state index contributed by atoms with van der Waals surface area (Å²) < 4.78 is 23.3. The van der Waals surface area contributed by atoms with Gasteiger partial charge in [-0.25, -0.2) is 8.42 Å². The van der Waals surface area contributed by atoms with E-state index in [4.69, 9.17) is 0 Å². The molecule has 1 atom stereocenters. The summed E-state index contributed by atoms with van der Waals surface area (Å²) in [5.41, 5.74) is 2.99. The van der Waals surface area contributed by atoms with Crippen LogP contribution in [0, 0.1) is 5.92 Å². The van der Waals surface area contributed by atoms with Crippen LogP contribution in [0.5, 0.6) is 0 Å². The molecule has 0 fully saturated rings. The van der Waals surface area contributed by atoms with Gasteiger partial charge in [-0.1, -0.05) is 58.0 Å². The second-order valence-corrected chi connectivity index (χ2v) is 9.89. The number of nitrogens with one attached hydrogen (secondary N) is 1. The summed E-state index contributed by atoms with van der Waals surface area (Å²) in [7, 11) is -3.30. The molecule has 0 aromatic heterocycles. The largest absolute Gasteiger partial charge is 0.332 e. The van der Waals surface area contributed by atoms with Crippen LogP contribution in [0.25, 0.3) is 0 Å². The molecule has 6 heteroatoms. The molecule has 0 spiro atoms. The summed E-state index contributed by atoms with van der Waals surface area (Å²) in [6, 6.07) is 15.1. The Morgan fingerprint density at radius 1 is 1.00 bits per heavy atom. The van der Waals surface area contributed by atoms with Gasteiger partial charge in [0, 0.05) is 23.4 Å². The first kappa shape index (κ1) is 22.1. The van der Waals surface area contributed by atoms with Crippen LogP contribution in [-0.2, 0) is 14.6 Å². The Hall–Kier alpha value is -2.18. The molecule has 0 unspecified atom stereocenters. The standard InChI is InChI=1S/C22H30N2O3S/c1-15(2)17-9-11-18(12-10-17)22(16(3)4)23-14-21(25)24-19-7-6-8-20(13-19)28(5,26)27/h6-13,15-16,22-23H,14H2,1-5H3,(H,24,25)/p+1/t22-/m0/s1. The average molecular weight is 404 g/mol. The van der Waals surface area contributed by atoms with Crippen molar-refractivity contribution in [2.75, 3.05) is 18.1 Å². The van der Waals surface area contributed by atoms with Crippen LogP contribution in [0.4, 0.5) is 5.69 Å². The number of nitrogens with two attached hydrogens (primary N) is 1. The Kier molecular flexibility index (Phi) is 7.38. The number of benzene rings is 2. The third-order valence-corrected chi connectivity index (χ3v) is 5.92. The van der Waals surface area contributed by atoms with Crippen molar-refractivity contribution in [3.8, 4) is 0 Å². The third-order valence-electron chi connectivity index (χ3n) is 4.81. The first-order chi connectivity index (χ1) is 13.1. The smallest absolute Gasteiger partial charge is 0.279 e. The van der Waals surface area contributed by atoms with Gasteiger partial charge in [0.1, 0.15) is 6.04 Å². The van der Waals surface area contributed by atoms with Crippen molar-refractivity contribution in [2.24, 2.45) is 5.92 Å².